The highest BCUT2D eigenvalue weighted by atomic mass is 16.6. The first-order chi connectivity index (χ1) is 11.3. The van der Waals surface area contributed by atoms with Crippen molar-refractivity contribution in [2.45, 2.75) is 26.2 Å². The minimum absolute atomic E-state index is 0.00236. The van der Waals surface area contributed by atoms with Crippen molar-refractivity contribution in [1.29, 1.82) is 0 Å². The van der Waals surface area contributed by atoms with Gasteiger partial charge < -0.3 is 9.84 Å². The Balaban J connectivity index is 2.36. The maximum absolute atomic E-state index is 11.7. The van der Waals surface area contributed by atoms with Gasteiger partial charge in [-0.15, -0.1) is 0 Å². The molecule has 2 aromatic rings. The highest BCUT2D eigenvalue weighted by Gasteiger charge is 2.22. The number of nitro groups is 1. The van der Waals surface area contributed by atoms with E-state index >= 15 is 0 Å². The van der Waals surface area contributed by atoms with Crippen molar-refractivity contribution in [3.05, 3.63) is 68.8 Å². The molecule has 0 fully saturated rings. The van der Waals surface area contributed by atoms with Gasteiger partial charge in [0.2, 0.25) is 0 Å². The van der Waals surface area contributed by atoms with Gasteiger partial charge in [0.15, 0.2) is 0 Å². The number of aliphatic carboxylic acids is 1. The van der Waals surface area contributed by atoms with Gasteiger partial charge in [-0.3, -0.25) is 14.9 Å². The molecule has 0 radical (unpaired) electrons. The Labute approximate surface area is 139 Å². The van der Waals surface area contributed by atoms with E-state index < -0.39 is 16.8 Å². The van der Waals surface area contributed by atoms with Crippen molar-refractivity contribution in [2.24, 2.45) is 0 Å². The molecular weight excluding hydrogens is 310 g/mol. The third kappa shape index (κ3) is 3.71. The molecule has 1 atom stereocenters. The molecule has 6 heteroatoms. The first kappa shape index (κ1) is 17.5. The summed E-state index contributed by atoms with van der Waals surface area (Å²) in [5, 5.41) is 20.6. The number of carbonyl (C=O) groups is 1. The molecule has 24 heavy (non-hydrogen) atoms. The van der Waals surface area contributed by atoms with Gasteiger partial charge in [-0.1, -0.05) is 24.3 Å². The van der Waals surface area contributed by atoms with Crippen molar-refractivity contribution in [2.75, 3.05) is 7.11 Å². The van der Waals surface area contributed by atoms with Crippen LogP contribution < -0.4 is 4.74 Å². The number of benzene rings is 2. The van der Waals surface area contributed by atoms with Crippen LogP contribution in [-0.2, 0) is 11.2 Å². The number of nitro benzene ring substituents is 1. The van der Waals surface area contributed by atoms with Gasteiger partial charge in [-0.05, 0) is 43.0 Å². The maximum atomic E-state index is 11.7. The van der Waals surface area contributed by atoms with Crippen LogP contribution in [0, 0.1) is 24.0 Å². The molecule has 0 aliphatic heterocycles. The fraction of sp³-hybridized carbons (Fsp3) is 0.278. The number of methoxy groups -OCH3 is 1. The lowest BCUT2D eigenvalue weighted by Crippen LogP contribution is -2.15. The van der Waals surface area contributed by atoms with E-state index in [1.54, 1.807) is 44.4 Å². The molecule has 0 aliphatic rings. The van der Waals surface area contributed by atoms with Crippen LogP contribution in [0.1, 0.15) is 28.2 Å². The van der Waals surface area contributed by atoms with Gasteiger partial charge in [0.1, 0.15) is 5.75 Å². The summed E-state index contributed by atoms with van der Waals surface area (Å²) in [6, 6.07) is 10.0. The molecule has 0 heterocycles. The van der Waals surface area contributed by atoms with Gasteiger partial charge in [0.25, 0.3) is 5.69 Å². The monoisotopic (exact) mass is 329 g/mol. The van der Waals surface area contributed by atoms with Crippen LogP contribution in [0.3, 0.4) is 0 Å². The van der Waals surface area contributed by atoms with Gasteiger partial charge in [-0.2, -0.15) is 0 Å². The fourth-order valence-corrected chi connectivity index (χ4v) is 2.68. The molecule has 0 saturated heterocycles. The Morgan fingerprint density at radius 2 is 1.92 bits per heavy atom. The first-order valence-corrected chi connectivity index (χ1v) is 7.44. The van der Waals surface area contributed by atoms with Gasteiger partial charge in [0, 0.05) is 11.6 Å². The van der Waals surface area contributed by atoms with E-state index in [0.717, 1.165) is 5.56 Å². The molecular formula is C18H19NO5. The van der Waals surface area contributed by atoms with Crippen LogP contribution in [0.5, 0.6) is 5.75 Å². The van der Waals surface area contributed by atoms with Gasteiger partial charge in [0.05, 0.1) is 18.0 Å². The summed E-state index contributed by atoms with van der Waals surface area (Å²) in [7, 11) is 1.56. The average molecular weight is 329 g/mol. The molecule has 0 aromatic heterocycles. The highest BCUT2D eigenvalue weighted by molar-refractivity contribution is 5.77. The van der Waals surface area contributed by atoms with Crippen molar-refractivity contribution in [1.82, 2.24) is 0 Å². The van der Waals surface area contributed by atoms with Crippen LogP contribution in [0.25, 0.3) is 0 Å². The Bertz CT molecular complexity index is 785. The molecule has 1 N–H and O–H groups in total. The fourth-order valence-electron chi connectivity index (χ4n) is 2.68. The Hall–Kier alpha value is -2.89. The third-order valence-corrected chi connectivity index (χ3v) is 4.03. The molecule has 2 aromatic carbocycles. The molecule has 1 unspecified atom stereocenters. The average Bonchev–Trinajstić information content (AvgIpc) is 2.53. The highest BCUT2D eigenvalue weighted by Crippen LogP contribution is 2.28. The predicted molar refractivity (Wildman–Crippen MR) is 89.6 cm³/mol. The maximum Gasteiger partial charge on any atom is 0.311 e. The summed E-state index contributed by atoms with van der Waals surface area (Å²) < 4.78 is 5.19. The molecule has 2 rings (SSSR count). The smallest absolute Gasteiger partial charge is 0.311 e. The number of rotatable bonds is 6. The van der Waals surface area contributed by atoms with E-state index in [9.17, 15) is 20.0 Å². The van der Waals surface area contributed by atoms with Crippen molar-refractivity contribution >= 4 is 11.7 Å². The number of hydrogen-bond donors (Lipinski definition) is 1. The lowest BCUT2D eigenvalue weighted by molar-refractivity contribution is -0.385. The van der Waals surface area contributed by atoms with E-state index in [0.29, 0.717) is 22.4 Å². The van der Waals surface area contributed by atoms with Gasteiger partial charge in [-0.25, -0.2) is 0 Å². The second-order valence-electron chi connectivity index (χ2n) is 5.70. The summed E-state index contributed by atoms with van der Waals surface area (Å²) in [5.41, 5.74) is 2.66. The minimum atomic E-state index is -0.970. The van der Waals surface area contributed by atoms with E-state index in [-0.39, 0.29) is 12.1 Å². The molecule has 0 aliphatic carbocycles. The van der Waals surface area contributed by atoms with Crippen LogP contribution in [0.15, 0.2) is 36.4 Å². The number of ether oxygens (including phenoxy) is 1. The summed E-state index contributed by atoms with van der Waals surface area (Å²) in [6.07, 6.45) is 0.183. The first-order valence-electron chi connectivity index (χ1n) is 7.44. The zero-order valence-electron chi connectivity index (χ0n) is 13.8. The van der Waals surface area contributed by atoms with Crippen LogP contribution in [0.2, 0.25) is 0 Å². The van der Waals surface area contributed by atoms with E-state index in [2.05, 4.69) is 0 Å². The summed E-state index contributed by atoms with van der Waals surface area (Å²) >= 11 is 0. The second-order valence-corrected chi connectivity index (χ2v) is 5.70. The van der Waals surface area contributed by atoms with Crippen molar-refractivity contribution in [3.63, 3.8) is 0 Å². The number of carboxylic acid groups (broad SMARTS) is 1. The molecule has 6 nitrogen and oxygen atoms in total. The zero-order valence-corrected chi connectivity index (χ0v) is 13.8. The number of carboxylic acids is 1. The van der Waals surface area contributed by atoms with Crippen LogP contribution in [0.4, 0.5) is 5.69 Å². The molecule has 0 amide bonds. The zero-order chi connectivity index (χ0) is 17.9. The SMILES string of the molecule is COc1ccc(C(Cc2ccc(C)c([N+](=O)[O-])c2)C(=O)O)cc1C. The lowest BCUT2D eigenvalue weighted by Gasteiger charge is -2.15. The topological polar surface area (TPSA) is 89.7 Å². The van der Waals surface area contributed by atoms with Crippen LogP contribution >= 0.6 is 0 Å². The molecule has 0 bridgehead atoms. The summed E-state index contributed by atoms with van der Waals surface area (Å²) in [4.78, 5) is 22.3. The Morgan fingerprint density at radius 1 is 1.21 bits per heavy atom. The molecule has 0 saturated carbocycles. The third-order valence-electron chi connectivity index (χ3n) is 4.03. The Kier molecular flexibility index (Phi) is 5.18. The normalized spacial score (nSPS) is 11.8. The quantitative estimate of drug-likeness (QED) is 0.645. The molecule has 0 spiro atoms. The van der Waals surface area contributed by atoms with Crippen LogP contribution in [-0.4, -0.2) is 23.1 Å². The van der Waals surface area contributed by atoms with E-state index in [1.807, 2.05) is 6.92 Å². The second kappa shape index (κ2) is 7.12. The standard InChI is InChI=1S/C18H19NO5/c1-11-4-5-13(10-16(11)19(22)23)9-15(18(20)21)14-6-7-17(24-3)12(2)8-14/h4-8,10,15H,9H2,1-3H3,(H,20,21). The van der Waals surface area contributed by atoms with E-state index in [1.165, 1.54) is 6.07 Å². The lowest BCUT2D eigenvalue weighted by atomic mass is 9.90. The predicted octanol–water partition coefficient (Wildman–Crippen LogP) is 3.63. The Morgan fingerprint density at radius 3 is 2.46 bits per heavy atom. The molecule has 126 valence electrons. The number of hydrogen-bond acceptors (Lipinski definition) is 4. The minimum Gasteiger partial charge on any atom is -0.496 e. The summed E-state index contributed by atoms with van der Waals surface area (Å²) in [5.74, 6) is -1.06. The number of nitrogens with zero attached hydrogens (tertiary/aromatic N) is 1. The largest absolute Gasteiger partial charge is 0.496 e. The number of aryl methyl sites for hydroxylation is 2. The van der Waals surface area contributed by atoms with Gasteiger partial charge >= 0.3 is 5.97 Å². The van der Waals surface area contributed by atoms with E-state index in [4.69, 9.17) is 4.74 Å². The van der Waals surface area contributed by atoms with Crippen molar-refractivity contribution in [3.8, 4) is 5.75 Å². The van der Waals surface area contributed by atoms with Crippen molar-refractivity contribution < 1.29 is 19.6 Å². The summed E-state index contributed by atoms with van der Waals surface area (Å²) in [6.45, 7) is 3.50.